The van der Waals surface area contributed by atoms with Crippen LogP contribution in [-0.4, -0.2) is 66.6 Å². The van der Waals surface area contributed by atoms with Gasteiger partial charge in [-0.05, 0) is 54.7 Å². The number of H-pyrrole nitrogens is 1. The van der Waals surface area contributed by atoms with Crippen molar-refractivity contribution in [2.75, 3.05) is 40.0 Å². The molecule has 1 aromatic heterocycles. The van der Waals surface area contributed by atoms with E-state index in [2.05, 4.69) is 17.1 Å². The van der Waals surface area contributed by atoms with Crippen molar-refractivity contribution in [3.05, 3.63) is 102 Å². The van der Waals surface area contributed by atoms with E-state index in [9.17, 15) is 9.59 Å². The Hall–Kier alpha value is -4.10. The summed E-state index contributed by atoms with van der Waals surface area (Å²) < 4.78 is 10.8. The van der Waals surface area contributed by atoms with Gasteiger partial charge in [-0.1, -0.05) is 60.7 Å². The molecule has 210 valence electrons. The zero-order valence-electron chi connectivity index (χ0n) is 23.5. The number of aromatic amines is 1. The molecule has 0 bridgehead atoms. The van der Waals surface area contributed by atoms with Gasteiger partial charge in [-0.2, -0.15) is 0 Å². The van der Waals surface area contributed by atoms with Crippen molar-refractivity contribution in [1.82, 2.24) is 14.8 Å². The van der Waals surface area contributed by atoms with Crippen LogP contribution in [0, 0.1) is 0 Å². The number of benzene rings is 3. The number of ether oxygens (including phenoxy) is 2. The fraction of sp³-hybridized carbons (Fsp3) is 0.333. The highest BCUT2D eigenvalue weighted by atomic mass is 16.5. The number of carbonyl (C=O) groups is 2. The van der Waals surface area contributed by atoms with Crippen LogP contribution in [0.5, 0.6) is 5.75 Å². The minimum atomic E-state index is -0.0763. The second-order valence-corrected chi connectivity index (χ2v) is 9.83. The van der Waals surface area contributed by atoms with Gasteiger partial charge in [0.2, 0.25) is 11.8 Å². The van der Waals surface area contributed by atoms with E-state index in [1.54, 1.807) is 12.0 Å². The van der Waals surface area contributed by atoms with Gasteiger partial charge in [0, 0.05) is 50.5 Å². The van der Waals surface area contributed by atoms with Gasteiger partial charge in [-0.15, -0.1) is 0 Å². The average molecular weight is 542 g/mol. The van der Waals surface area contributed by atoms with Crippen LogP contribution >= 0.6 is 0 Å². The lowest BCUT2D eigenvalue weighted by atomic mass is 10.1. The summed E-state index contributed by atoms with van der Waals surface area (Å²) in [5.41, 5.74) is 4.19. The zero-order chi connectivity index (χ0) is 28.2. The Morgan fingerprint density at radius 1 is 0.825 bits per heavy atom. The SMILES string of the molecule is CCOc1ccc(CN(CCc2c[nH]c3ccccc23)C(=O)CN(CCCOC)C(=O)Cc2ccccc2)cc1. The van der Waals surface area contributed by atoms with Crippen molar-refractivity contribution < 1.29 is 19.1 Å². The Balaban J connectivity index is 1.51. The molecule has 4 aromatic rings. The Kier molecular flexibility index (Phi) is 10.8. The van der Waals surface area contributed by atoms with Gasteiger partial charge in [0.15, 0.2) is 0 Å². The highest BCUT2D eigenvalue weighted by Crippen LogP contribution is 2.20. The summed E-state index contributed by atoms with van der Waals surface area (Å²) in [6, 6.07) is 25.7. The molecule has 2 amide bonds. The molecule has 1 N–H and O–H groups in total. The fourth-order valence-corrected chi connectivity index (χ4v) is 4.80. The summed E-state index contributed by atoms with van der Waals surface area (Å²) in [6.45, 7) is 4.56. The Morgan fingerprint density at radius 2 is 1.57 bits per heavy atom. The monoisotopic (exact) mass is 541 g/mol. The summed E-state index contributed by atoms with van der Waals surface area (Å²) in [5.74, 6) is 0.666. The Bertz CT molecular complexity index is 1350. The molecule has 0 saturated carbocycles. The van der Waals surface area contributed by atoms with Crippen LogP contribution in [-0.2, 0) is 33.7 Å². The predicted octanol–water partition coefficient (Wildman–Crippen LogP) is 5.25. The largest absolute Gasteiger partial charge is 0.494 e. The van der Waals surface area contributed by atoms with E-state index in [4.69, 9.17) is 9.47 Å². The van der Waals surface area contributed by atoms with Gasteiger partial charge >= 0.3 is 0 Å². The third-order valence-corrected chi connectivity index (χ3v) is 6.94. The molecule has 7 heteroatoms. The molecule has 0 saturated heterocycles. The van der Waals surface area contributed by atoms with Crippen LogP contribution in [0.15, 0.2) is 85.1 Å². The molecule has 0 atom stereocenters. The van der Waals surface area contributed by atoms with Crippen molar-refractivity contribution in [2.24, 2.45) is 0 Å². The third kappa shape index (κ3) is 8.20. The average Bonchev–Trinajstić information content (AvgIpc) is 3.39. The number of carbonyl (C=O) groups excluding carboxylic acids is 2. The maximum Gasteiger partial charge on any atom is 0.242 e. The van der Waals surface area contributed by atoms with Gasteiger partial charge in [-0.25, -0.2) is 0 Å². The highest BCUT2D eigenvalue weighted by Gasteiger charge is 2.22. The first-order chi connectivity index (χ1) is 19.6. The van der Waals surface area contributed by atoms with Crippen molar-refractivity contribution in [2.45, 2.75) is 32.7 Å². The molecular weight excluding hydrogens is 502 g/mol. The number of para-hydroxylation sites is 1. The van der Waals surface area contributed by atoms with Crippen molar-refractivity contribution in [3.8, 4) is 5.75 Å². The predicted molar refractivity (Wildman–Crippen MR) is 158 cm³/mol. The van der Waals surface area contributed by atoms with E-state index >= 15 is 0 Å². The molecule has 0 fully saturated rings. The first-order valence-corrected chi connectivity index (χ1v) is 13.9. The lowest BCUT2D eigenvalue weighted by Gasteiger charge is -2.28. The molecule has 0 aliphatic carbocycles. The third-order valence-electron chi connectivity index (χ3n) is 6.94. The second-order valence-electron chi connectivity index (χ2n) is 9.83. The normalized spacial score (nSPS) is 10.9. The van der Waals surface area contributed by atoms with Crippen LogP contribution in [0.1, 0.15) is 30.0 Å². The quantitative estimate of drug-likeness (QED) is 0.209. The lowest BCUT2D eigenvalue weighted by Crippen LogP contribution is -2.44. The van der Waals surface area contributed by atoms with Crippen LogP contribution in [0.3, 0.4) is 0 Å². The molecule has 4 rings (SSSR count). The van der Waals surface area contributed by atoms with Gasteiger partial charge < -0.3 is 24.3 Å². The number of nitrogens with one attached hydrogen (secondary N) is 1. The number of rotatable bonds is 15. The highest BCUT2D eigenvalue weighted by molar-refractivity contribution is 5.86. The molecule has 7 nitrogen and oxygen atoms in total. The number of hydrogen-bond acceptors (Lipinski definition) is 4. The minimum Gasteiger partial charge on any atom is -0.494 e. The van der Waals surface area contributed by atoms with E-state index in [-0.39, 0.29) is 24.8 Å². The van der Waals surface area contributed by atoms with Crippen molar-refractivity contribution in [3.63, 3.8) is 0 Å². The van der Waals surface area contributed by atoms with Gasteiger partial charge in [0.25, 0.3) is 0 Å². The smallest absolute Gasteiger partial charge is 0.242 e. The first kappa shape index (κ1) is 28.9. The number of fused-ring (bicyclic) bond motifs is 1. The molecule has 0 radical (unpaired) electrons. The summed E-state index contributed by atoms with van der Waals surface area (Å²) in [6.07, 6.45) is 3.65. The lowest BCUT2D eigenvalue weighted by molar-refractivity contribution is -0.140. The number of amides is 2. The zero-order valence-corrected chi connectivity index (χ0v) is 23.5. The summed E-state index contributed by atoms with van der Waals surface area (Å²) >= 11 is 0. The number of methoxy groups -OCH3 is 1. The summed E-state index contributed by atoms with van der Waals surface area (Å²) in [4.78, 5) is 34.0. The van der Waals surface area contributed by atoms with E-state index in [1.807, 2.05) is 84.8 Å². The summed E-state index contributed by atoms with van der Waals surface area (Å²) in [7, 11) is 1.64. The van der Waals surface area contributed by atoms with E-state index < -0.39 is 0 Å². The van der Waals surface area contributed by atoms with E-state index in [0.29, 0.717) is 45.7 Å². The molecule has 0 aliphatic rings. The maximum atomic E-state index is 13.8. The molecule has 0 spiro atoms. The Morgan fingerprint density at radius 3 is 2.33 bits per heavy atom. The van der Waals surface area contributed by atoms with E-state index in [1.165, 1.54) is 0 Å². The summed E-state index contributed by atoms with van der Waals surface area (Å²) in [5, 5.41) is 1.16. The van der Waals surface area contributed by atoms with Crippen molar-refractivity contribution >= 4 is 22.7 Å². The molecule has 0 unspecified atom stereocenters. The fourth-order valence-electron chi connectivity index (χ4n) is 4.80. The maximum absolute atomic E-state index is 13.8. The van der Waals surface area contributed by atoms with Gasteiger partial charge in [-0.3, -0.25) is 9.59 Å². The minimum absolute atomic E-state index is 0.0281. The van der Waals surface area contributed by atoms with Gasteiger partial charge in [0.1, 0.15) is 5.75 Å². The standard InChI is InChI=1S/C33H39N3O4/c1-3-40-29-16-14-27(15-17-29)24-36(20-18-28-23-34-31-13-8-7-12-30(28)31)33(38)25-35(19-9-21-39-2)32(37)22-26-10-5-4-6-11-26/h4-8,10-17,23,34H,3,9,18-22,24-25H2,1-2H3. The van der Waals surface area contributed by atoms with Crippen LogP contribution < -0.4 is 4.74 Å². The molecule has 40 heavy (non-hydrogen) atoms. The second kappa shape index (κ2) is 14.9. The van der Waals surface area contributed by atoms with Gasteiger partial charge in [0.05, 0.1) is 19.6 Å². The molecule has 3 aromatic carbocycles. The van der Waals surface area contributed by atoms with Crippen molar-refractivity contribution in [1.29, 1.82) is 0 Å². The molecule has 1 heterocycles. The van der Waals surface area contributed by atoms with Crippen LogP contribution in [0.25, 0.3) is 10.9 Å². The number of nitrogens with zero attached hydrogens (tertiary/aromatic N) is 2. The molecular formula is C33H39N3O4. The van der Waals surface area contributed by atoms with Crippen LogP contribution in [0.2, 0.25) is 0 Å². The first-order valence-electron chi connectivity index (χ1n) is 13.9. The van der Waals surface area contributed by atoms with Crippen LogP contribution in [0.4, 0.5) is 0 Å². The number of aromatic nitrogens is 1. The number of hydrogen-bond donors (Lipinski definition) is 1. The topological polar surface area (TPSA) is 74.9 Å². The van der Waals surface area contributed by atoms with E-state index in [0.717, 1.165) is 33.3 Å². The molecule has 0 aliphatic heterocycles. The Labute approximate surface area is 236 Å².